The van der Waals surface area contributed by atoms with E-state index in [1.807, 2.05) is 60.7 Å². The summed E-state index contributed by atoms with van der Waals surface area (Å²) in [5, 5.41) is 0. The van der Waals surface area contributed by atoms with Crippen LogP contribution < -0.4 is 9.47 Å². The average Bonchev–Trinajstić information content (AvgIpc) is 4.06. The lowest BCUT2D eigenvalue weighted by Crippen LogP contribution is -2.32. The second-order valence-corrected chi connectivity index (χ2v) is 15.4. The number of benzene rings is 5. The van der Waals surface area contributed by atoms with Crippen LogP contribution in [0.4, 0.5) is 26.3 Å². The highest BCUT2D eigenvalue weighted by atomic mass is 19.4. The fourth-order valence-electron chi connectivity index (χ4n) is 8.56. The zero-order chi connectivity index (χ0) is 43.2. The van der Waals surface area contributed by atoms with Gasteiger partial charge in [-0.3, -0.25) is 9.59 Å². The number of alkyl halides is 6. The van der Waals surface area contributed by atoms with Gasteiger partial charge in [-0.05, 0) is 84.3 Å². The molecule has 0 aliphatic carbocycles. The molecule has 0 unspecified atom stereocenters. The lowest BCUT2D eigenvalue weighted by molar-refractivity contribution is -0.275. The zero-order valence-corrected chi connectivity index (χ0v) is 32.9. The molecule has 2 aliphatic heterocycles. The van der Waals surface area contributed by atoms with Crippen LogP contribution in [0.2, 0.25) is 0 Å². The fourth-order valence-corrected chi connectivity index (χ4v) is 8.56. The molecule has 0 radical (unpaired) electrons. The van der Waals surface area contributed by atoms with Crippen molar-refractivity contribution in [2.24, 2.45) is 0 Å². The van der Waals surface area contributed by atoms with E-state index in [0.29, 0.717) is 37.6 Å². The van der Waals surface area contributed by atoms with E-state index in [1.54, 1.807) is 21.9 Å². The largest absolute Gasteiger partial charge is 0.573 e. The molecule has 9 rings (SSSR count). The minimum Gasteiger partial charge on any atom is -0.405 e. The Morgan fingerprint density at radius 1 is 0.565 bits per heavy atom. The quantitative estimate of drug-likeness (QED) is 0.132. The number of carbonyl (C=O) groups is 2. The van der Waals surface area contributed by atoms with Crippen LogP contribution in [0.1, 0.15) is 60.5 Å². The third-order valence-electron chi connectivity index (χ3n) is 11.4. The molecule has 2 amide bonds. The summed E-state index contributed by atoms with van der Waals surface area (Å²) >= 11 is 0. The fraction of sp³-hybridized carbons (Fsp3) is 0.261. The summed E-state index contributed by atoms with van der Waals surface area (Å²) in [5.41, 5.74) is 7.15. The van der Waals surface area contributed by atoms with Crippen molar-refractivity contribution in [2.45, 2.75) is 63.3 Å². The normalized spacial score (nSPS) is 17.0. The number of carbonyl (C=O) groups excluding carboxylic acids is 2. The van der Waals surface area contributed by atoms with Gasteiger partial charge in [0.25, 0.3) is 0 Å². The Morgan fingerprint density at radius 3 is 1.35 bits per heavy atom. The molecule has 7 aromatic rings. The van der Waals surface area contributed by atoms with E-state index in [-0.39, 0.29) is 47.9 Å². The molecule has 2 atom stereocenters. The Hall–Kier alpha value is -6.84. The van der Waals surface area contributed by atoms with Gasteiger partial charge in [0.1, 0.15) is 23.1 Å². The van der Waals surface area contributed by atoms with Crippen molar-refractivity contribution in [3.63, 3.8) is 0 Å². The van der Waals surface area contributed by atoms with Gasteiger partial charge in [0.2, 0.25) is 11.8 Å². The number of aromatic amines is 2. The van der Waals surface area contributed by atoms with Gasteiger partial charge in [0.15, 0.2) is 0 Å². The number of fused-ring (bicyclic) bond motifs is 2. The number of rotatable bonds is 10. The molecule has 4 heterocycles. The number of imidazole rings is 2. The molecule has 2 saturated heterocycles. The number of nitrogens with one attached hydrogen (secondary N) is 2. The third kappa shape index (κ3) is 8.67. The summed E-state index contributed by atoms with van der Waals surface area (Å²) in [5.74, 6) is -0.180. The zero-order valence-electron chi connectivity index (χ0n) is 32.9. The van der Waals surface area contributed by atoms with Crippen LogP contribution in [0.15, 0.2) is 109 Å². The van der Waals surface area contributed by atoms with Crippen molar-refractivity contribution in [1.82, 2.24) is 29.7 Å². The van der Waals surface area contributed by atoms with Crippen molar-refractivity contribution in [2.75, 3.05) is 13.1 Å². The first-order valence-electron chi connectivity index (χ1n) is 20.1. The molecule has 10 nitrogen and oxygen atoms in total. The summed E-state index contributed by atoms with van der Waals surface area (Å²) in [4.78, 5) is 46.6. The number of ether oxygens (including phenoxy) is 2. The van der Waals surface area contributed by atoms with E-state index in [1.165, 1.54) is 36.4 Å². The molecule has 318 valence electrons. The molecule has 2 N–H and O–H groups in total. The SMILES string of the molecule is O=C(Cc1ccccc1OC(F)(F)F)N1CCC[C@@H]1c1nc2ccc(-c3ccc(-c4ccc5nc([C@@H]6CCCN6C(=O)Cc6ccccc6OC(F)(F)F)[nH]c5c4)cc3)cc2[nH]1. The van der Waals surface area contributed by atoms with Gasteiger partial charge in [-0.15, -0.1) is 26.3 Å². The van der Waals surface area contributed by atoms with Crippen LogP contribution in [0.3, 0.4) is 0 Å². The van der Waals surface area contributed by atoms with Crippen LogP contribution >= 0.6 is 0 Å². The Bertz CT molecular complexity index is 2590. The molecule has 2 fully saturated rings. The summed E-state index contributed by atoms with van der Waals surface area (Å²) in [6, 6.07) is 30.5. The maximum absolute atomic E-state index is 13.4. The molecule has 16 heteroatoms. The Morgan fingerprint density at radius 2 is 0.952 bits per heavy atom. The van der Waals surface area contributed by atoms with Gasteiger partial charge in [-0.25, -0.2) is 9.97 Å². The topological polar surface area (TPSA) is 116 Å². The van der Waals surface area contributed by atoms with Crippen molar-refractivity contribution >= 4 is 33.9 Å². The smallest absolute Gasteiger partial charge is 0.405 e. The van der Waals surface area contributed by atoms with Crippen LogP contribution in [0.5, 0.6) is 11.5 Å². The number of hydrogen-bond donors (Lipinski definition) is 2. The Kier molecular flexibility index (Phi) is 10.6. The molecule has 2 aliphatic rings. The number of hydrogen-bond acceptors (Lipinski definition) is 6. The summed E-state index contributed by atoms with van der Waals surface area (Å²) in [6.07, 6.45) is -7.45. The van der Waals surface area contributed by atoms with Crippen molar-refractivity contribution in [3.8, 4) is 33.8 Å². The second kappa shape index (κ2) is 16.2. The molecule has 62 heavy (non-hydrogen) atoms. The molecular weight excluding hydrogens is 815 g/mol. The highest BCUT2D eigenvalue weighted by molar-refractivity contribution is 5.86. The van der Waals surface area contributed by atoms with Gasteiger partial charge in [0.05, 0.1) is 47.0 Å². The van der Waals surface area contributed by atoms with Crippen molar-refractivity contribution < 1.29 is 45.4 Å². The van der Waals surface area contributed by atoms with Gasteiger partial charge < -0.3 is 29.2 Å². The van der Waals surface area contributed by atoms with Crippen LogP contribution in [-0.2, 0) is 22.4 Å². The molecule has 5 aromatic carbocycles. The first kappa shape index (κ1) is 40.6. The van der Waals surface area contributed by atoms with E-state index in [9.17, 15) is 35.9 Å². The number of nitrogens with zero attached hydrogens (tertiary/aromatic N) is 4. The number of para-hydroxylation sites is 2. The van der Waals surface area contributed by atoms with Crippen LogP contribution in [0, 0.1) is 0 Å². The predicted octanol–water partition coefficient (Wildman–Crippen LogP) is 10.4. The summed E-state index contributed by atoms with van der Waals surface area (Å²) in [6.45, 7) is 0.918. The maximum atomic E-state index is 13.4. The predicted molar refractivity (Wildman–Crippen MR) is 218 cm³/mol. The van der Waals surface area contributed by atoms with Gasteiger partial charge in [-0.1, -0.05) is 72.8 Å². The van der Waals surface area contributed by atoms with E-state index in [4.69, 9.17) is 9.97 Å². The Balaban J connectivity index is 0.878. The van der Waals surface area contributed by atoms with Gasteiger partial charge in [-0.2, -0.15) is 0 Å². The summed E-state index contributed by atoms with van der Waals surface area (Å²) in [7, 11) is 0. The summed E-state index contributed by atoms with van der Waals surface area (Å²) < 4.78 is 86.3. The van der Waals surface area contributed by atoms with Gasteiger partial charge in [0, 0.05) is 24.2 Å². The van der Waals surface area contributed by atoms with E-state index >= 15 is 0 Å². The number of likely N-dealkylation sites (tertiary alicyclic amines) is 2. The van der Waals surface area contributed by atoms with E-state index in [2.05, 4.69) is 19.4 Å². The minimum absolute atomic E-state index is 0.156. The molecule has 2 aromatic heterocycles. The molecule has 0 spiro atoms. The lowest BCUT2D eigenvalue weighted by Gasteiger charge is -2.24. The highest BCUT2D eigenvalue weighted by Gasteiger charge is 2.36. The minimum atomic E-state index is -4.87. The average molecular weight is 853 g/mol. The number of aromatic nitrogens is 4. The Labute approximate surface area is 350 Å². The van der Waals surface area contributed by atoms with E-state index < -0.39 is 24.2 Å². The second-order valence-electron chi connectivity index (χ2n) is 15.4. The first-order valence-corrected chi connectivity index (χ1v) is 20.1. The number of halogens is 6. The van der Waals surface area contributed by atoms with Crippen molar-refractivity contribution in [1.29, 1.82) is 0 Å². The van der Waals surface area contributed by atoms with Crippen LogP contribution in [0.25, 0.3) is 44.3 Å². The van der Waals surface area contributed by atoms with E-state index in [0.717, 1.165) is 57.2 Å². The monoisotopic (exact) mass is 852 g/mol. The molecule has 0 saturated carbocycles. The standard InChI is InChI=1S/C46H38F6N6O4/c47-45(48,49)61-39-11-3-1-7-31(39)25-41(59)57-21-5-9-37(57)43-53-33-19-17-29(23-35(33)55-43)27-13-15-28(16-14-27)30-18-20-34-36(24-30)56-44(54-34)38-10-6-22-58(38)42(60)26-32-8-2-4-12-40(32)62-46(50,51)52/h1-4,7-8,11-20,23-24,37-38H,5-6,9-10,21-22,25-26H2,(H,53,55)(H,54,56)/t37-,38+. The van der Waals surface area contributed by atoms with Gasteiger partial charge >= 0.3 is 12.7 Å². The van der Waals surface area contributed by atoms with Crippen molar-refractivity contribution in [3.05, 3.63) is 132 Å². The molecular formula is C46H38F6N6O4. The maximum Gasteiger partial charge on any atom is 0.573 e. The highest BCUT2D eigenvalue weighted by Crippen LogP contribution is 2.37. The number of H-pyrrole nitrogens is 2. The first-order chi connectivity index (χ1) is 29.7. The third-order valence-corrected chi connectivity index (χ3v) is 11.4. The number of amides is 2. The van der Waals surface area contributed by atoms with Crippen LogP contribution in [-0.4, -0.2) is 67.4 Å². The molecule has 0 bridgehead atoms. The lowest BCUT2D eigenvalue weighted by atomic mass is 10.00.